The fourth-order valence-electron chi connectivity index (χ4n) is 2.36. The highest BCUT2D eigenvalue weighted by molar-refractivity contribution is 7.89. The summed E-state index contributed by atoms with van der Waals surface area (Å²) < 4.78 is 45.4. The van der Waals surface area contributed by atoms with Gasteiger partial charge in [0.2, 0.25) is 10.0 Å². The maximum absolute atomic E-state index is 13.7. The number of hydrogen-bond acceptors (Lipinski definition) is 8. The SMILES string of the molecule is COc1ccc(S(=O)(=O)NCCNc2cc(Nc3ccccn3)ncn2)cc1F. The molecule has 0 spiro atoms. The smallest absolute Gasteiger partial charge is 0.240 e. The summed E-state index contributed by atoms with van der Waals surface area (Å²) in [7, 11) is -2.54. The molecule has 0 atom stereocenters. The second-order valence-electron chi connectivity index (χ2n) is 5.75. The average Bonchev–Trinajstić information content (AvgIpc) is 2.72. The van der Waals surface area contributed by atoms with Crippen molar-refractivity contribution in [2.24, 2.45) is 0 Å². The second kappa shape index (κ2) is 9.26. The van der Waals surface area contributed by atoms with E-state index in [1.165, 1.54) is 25.6 Å². The van der Waals surface area contributed by atoms with Gasteiger partial charge in [0.1, 0.15) is 23.8 Å². The predicted octanol–water partition coefficient (Wildman–Crippen LogP) is 2.15. The van der Waals surface area contributed by atoms with E-state index in [1.807, 2.05) is 6.07 Å². The summed E-state index contributed by atoms with van der Waals surface area (Å²) >= 11 is 0. The average molecular weight is 418 g/mol. The van der Waals surface area contributed by atoms with Crippen LogP contribution in [0, 0.1) is 5.82 Å². The fraction of sp³-hybridized carbons (Fsp3) is 0.167. The molecule has 0 aliphatic carbocycles. The van der Waals surface area contributed by atoms with Crippen LogP contribution in [0.4, 0.5) is 21.8 Å². The van der Waals surface area contributed by atoms with Crippen molar-refractivity contribution in [3.8, 4) is 5.75 Å². The van der Waals surface area contributed by atoms with Crippen LogP contribution in [0.1, 0.15) is 0 Å². The number of nitrogens with zero attached hydrogens (tertiary/aromatic N) is 3. The molecule has 0 amide bonds. The van der Waals surface area contributed by atoms with Crippen LogP contribution in [0.5, 0.6) is 5.75 Å². The van der Waals surface area contributed by atoms with Gasteiger partial charge < -0.3 is 15.4 Å². The number of ether oxygens (including phenoxy) is 1. The van der Waals surface area contributed by atoms with Gasteiger partial charge >= 0.3 is 0 Å². The number of anilines is 3. The molecule has 1 aromatic carbocycles. The molecule has 152 valence electrons. The Balaban J connectivity index is 1.53. The molecule has 0 fully saturated rings. The molecule has 29 heavy (non-hydrogen) atoms. The van der Waals surface area contributed by atoms with E-state index < -0.39 is 15.8 Å². The molecule has 3 N–H and O–H groups in total. The summed E-state index contributed by atoms with van der Waals surface area (Å²) in [6.07, 6.45) is 3.03. The maximum atomic E-state index is 13.7. The lowest BCUT2D eigenvalue weighted by Crippen LogP contribution is -2.29. The standard InChI is InChI=1S/C18H19FN6O3S/c1-28-15-6-5-13(10-14(15)19)29(26,27)24-9-8-21-17-11-18(23-12-22-17)25-16-4-2-3-7-20-16/h2-7,10-12,24H,8-9H2,1H3,(H2,20,21,22,23,25). The van der Waals surface area contributed by atoms with Crippen LogP contribution in [-0.2, 0) is 10.0 Å². The van der Waals surface area contributed by atoms with Crippen molar-refractivity contribution in [1.29, 1.82) is 0 Å². The van der Waals surface area contributed by atoms with Crippen LogP contribution in [0.3, 0.4) is 0 Å². The summed E-state index contributed by atoms with van der Waals surface area (Å²) in [5.41, 5.74) is 0. The number of benzene rings is 1. The lowest BCUT2D eigenvalue weighted by atomic mass is 10.3. The Morgan fingerprint density at radius 2 is 1.83 bits per heavy atom. The molecule has 0 bridgehead atoms. The van der Waals surface area contributed by atoms with Gasteiger partial charge in [-0.2, -0.15) is 0 Å². The number of aromatic nitrogens is 3. The van der Waals surface area contributed by atoms with Crippen LogP contribution in [0.25, 0.3) is 0 Å². The summed E-state index contributed by atoms with van der Waals surface area (Å²) in [4.78, 5) is 12.2. The zero-order valence-corrected chi connectivity index (χ0v) is 16.3. The molecule has 0 unspecified atom stereocenters. The van der Waals surface area contributed by atoms with Crippen LogP contribution in [-0.4, -0.2) is 43.6 Å². The first kappa shape index (κ1) is 20.4. The third-order valence-electron chi connectivity index (χ3n) is 3.74. The lowest BCUT2D eigenvalue weighted by Gasteiger charge is -2.10. The number of halogens is 1. The Labute approximate surface area is 167 Å². The Hall–Kier alpha value is -3.31. The summed E-state index contributed by atoms with van der Waals surface area (Å²) in [6.45, 7) is 0.334. The van der Waals surface area contributed by atoms with Crippen LogP contribution < -0.4 is 20.1 Å². The van der Waals surface area contributed by atoms with Crippen molar-refractivity contribution in [2.45, 2.75) is 4.90 Å². The van der Waals surface area contributed by atoms with Crippen LogP contribution in [0.15, 0.2) is 59.9 Å². The monoisotopic (exact) mass is 418 g/mol. The molecule has 0 aliphatic rings. The molecular weight excluding hydrogens is 399 g/mol. The van der Waals surface area contributed by atoms with Crippen molar-refractivity contribution >= 4 is 27.5 Å². The van der Waals surface area contributed by atoms with E-state index >= 15 is 0 Å². The molecular formula is C18H19FN6O3S. The third kappa shape index (κ3) is 5.59. The van der Waals surface area contributed by atoms with Gasteiger partial charge in [0.25, 0.3) is 0 Å². The second-order valence-corrected chi connectivity index (χ2v) is 7.52. The molecule has 0 saturated heterocycles. The third-order valence-corrected chi connectivity index (χ3v) is 5.20. The van der Waals surface area contributed by atoms with Crippen molar-refractivity contribution in [3.63, 3.8) is 0 Å². The molecule has 0 radical (unpaired) electrons. The Morgan fingerprint density at radius 1 is 1.00 bits per heavy atom. The van der Waals surface area contributed by atoms with E-state index in [2.05, 4.69) is 30.3 Å². The first-order valence-corrected chi connectivity index (χ1v) is 10.0. The normalized spacial score (nSPS) is 11.1. The van der Waals surface area contributed by atoms with Crippen molar-refractivity contribution < 1.29 is 17.5 Å². The van der Waals surface area contributed by atoms with E-state index in [0.717, 1.165) is 6.07 Å². The minimum atomic E-state index is -3.85. The molecule has 2 heterocycles. The van der Waals surface area contributed by atoms with Gasteiger partial charge in [-0.25, -0.2) is 32.5 Å². The number of pyridine rings is 1. The first-order chi connectivity index (χ1) is 14.0. The molecule has 2 aromatic heterocycles. The number of methoxy groups -OCH3 is 1. The minimum absolute atomic E-state index is 0.0236. The summed E-state index contributed by atoms with van der Waals surface area (Å²) in [5.74, 6) is 0.909. The number of nitrogens with one attached hydrogen (secondary N) is 3. The van der Waals surface area contributed by atoms with Gasteiger partial charge in [-0.05, 0) is 30.3 Å². The number of hydrogen-bond donors (Lipinski definition) is 3. The quantitative estimate of drug-likeness (QED) is 0.453. The first-order valence-electron chi connectivity index (χ1n) is 8.55. The van der Waals surface area contributed by atoms with Crippen LogP contribution in [0.2, 0.25) is 0 Å². The predicted molar refractivity (Wildman–Crippen MR) is 106 cm³/mol. The van der Waals surface area contributed by atoms with Crippen LogP contribution >= 0.6 is 0 Å². The number of rotatable bonds is 9. The van der Waals surface area contributed by atoms with Gasteiger partial charge in [0, 0.05) is 25.4 Å². The zero-order valence-electron chi connectivity index (χ0n) is 15.5. The van der Waals surface area contributed by atoms with Gasteiger partial charge in [0.15, 0.2) is 11.6 Å². The highest BCUT2D eigenvalue weighted by Gasteiger charge is 2.16. The largest absolute Gasteiger partial charge is 0.494 e. The Morgan fingerprint density at radius 3 is 2.55 bits per heavy atom. The van der Waals surface area contributed by atoms with Crippen molar-refractivity contribution in [1.82, 2.24) is 19.7 Å². The Bertz CT molecular complexity index is 1070. The van der Waals surface area contributed by atoms with Crippen molar-refractivity contribution in [2.75, 3.05) is 30.8 Å². The van der Waals surface area contributed by atoms with E-state index in [0.29, 0.717) is 17.5 Å². The van der Waals surface area contributed by atoms with Gasteiger partial charge in [-0.3, -0.25) is 0 Å². The van der Waals surface area contributed by atoms with E-state index in [-0.39, 0.29) is 23.7 Å². The van der Waals surface area contributed by atoms with E-state index in [1.54, 1.807) is 24.4 Å². The van der Waals surface area contributed by atoms with E-state index in [9.17, 15) is 12.8 Å². The fourth-order valence-corrected chi connectivity index (χ4v) is 3.41. The molecule has 0 aliphatic heterocycles. The van der Waals surface area contributed by atoms with Gasteiger partial charge in [-0.15, -0.1) is 0 Å². The highest BCUT2D eigenvalue weighted by Crippen LogP contribution is 2.20. The molecule has 3 aromatic rings. The molecule has 3 rings (SSSR count). The molecule has 11 heteroatoms. The van der Waals surface area contributed by atoms with Gasteiger partial charge in [-0.1, -0.05) is 6.07 Å². The summed E-state index contributed by atoms with van der Waals surface area (Å²) in [6, 6.07) is 10.6. The topological polar surface area (TPSA) is 118 Å². The minimum Gasteiger partial charge on any atom is -0.494 e. The molecule has 9 nitrogen and oxygen atoms in total. The molecule has 0 saturated carbocycles. The highest BCUT2D eigenvalue weighted by atomic mass is 32.2. The lowest BCUT2D eigenvalue weighted by molar-refractivity contribution is 0.385. The number of sulfonamides is 1. The van der Waals surface area contributed by atoms with Gasteiger partial charge in [0.05, 0.1) is 12.0 Å². The Kier molecular flexibility index (Phi) is 6.52. The maximum Gasteiger partial charge on any atom is 0.240 e. The summed E-state index contributed by atoms with van der Waals surface area (Å²) in [5, 5.41) is 6.03. The zero-order chi connectivity index (χ0) is 20.7. The van der Waals surface area contributed by atoms with Crippen molar-refractivity contribution in [3.05, 3.63) is 60.8 Å². The van der Waals surface area contributed by atoms with E-state index in [4.69, 9.17) is 4.74 Å².